The molecule has 2 rings (SSSR count). The molecule has 1 N–H and O–H groups in total. The van der Waals surface area contributed by atoms with Crippen molar-refractivity contribution in [3.8, 4) is 11.6 Å². The van der Waals surface area contributed by atoms with E-state index in [1.54, 1.807) is 25.4 Å². The van der Waals surface area contributed by atoms with Crippen molar-refractivity contribution >= 4 is 0 Å². The number of pyridine rings is 1. The largest absolute Gasteiger partial charge is 0.486 e. The van der Waals surface area contributed by atoms with Crippen molar-refractivity contribution in [2.75, 3.05) is 20.2 Å². The van der Waals surface area contributed by atoms with Crippen LogP contribution in [0, 0.1) is 0 Å². The number of halogens is 1. The molecular formula is C11H15FN2O2. The third-order valence-corrected chi connectivity index (χ3v) is 2.55. The Labute approximate surface area is 93.8 Å². The number of hydrogen-bond acceptors (Lipinski definition) is 4. The van der Waals surface area contributed by atoms with E-state index in [0.717, 1.165) is 6.54 Å². The van der Waals surface area contributed by atoms with E-state index in [4.69, 9.17) is 9.47 Å². The molecule has 1 aromatic heterocycles. The molecule has 5 heteroatoms. The van der Waals surface area contributed by atoms with Gasteiger partial charge in [0.1, 0.15) is 18.0 Å². The van der Waals surface area contributed by atoms with E-state index < -0.39 is 6.17 Å². The van der Waals surface area contributed by atoms with Gasteiger partial charge in [0.25, 0.3) is 0 Å². The van der Waals surface area contributed by atoms with E-state index in [9.17, 15) is 4.39 Å². The molecule has 1 aromatic rings. The van der Waals surface area contributed by atoms with Crippen LogP contribution in [0.5, 0.6) is 11.6 Å². The molecule has 0 bridgehead atoms. The Morgan fingerprint density at radius 2 is 2.38 bits per heavy atom. The summed E-state index contributed by atoms with van der Waals surface area (Å²) in [5, 5.41) is 2.98. The van der Waals surface area contributed by atoms with Gasteiger partial charge in [0.05, 0.1) is 13.3 Å². The van der Waals surface area contributed by atoms with Gasteiger partial charge in [0.15, 0.2) is 0 Å². The van der Waals surface area contributed by atoms with Crippen LogP contribution in [0.2, 0.25) is 0 Å². The van der Waals surface area contributed by atoms with Crippen molar-refractivity contribution in [2.45, 2.75) is 18.7 Å². The van der Waals surface area contributed by atoms with Crippen LogP contribution in [0.15, 0.2) is 18.3 Å². The van der Waals surface area contributed by atoms with Crippen molar-refractivity contribution in [1.82, 2.24) is 10.3 Å². The molecule has 88 valence electrons. The number of alkyl halides is 1. The number of piperidine rings is 1. The van der Waals surface area contributed by atoms with Crippen molar-refractivity contribution < 1.29 is 13.9 Å². The lowest BCUT2D eigenvalue weighted by atomic mass is 10.1. The van der Waals surface area contributed by atoms with Crippen LogP contribution in [-0.2, 0) is 0 Å². The van der Waals surface area contributed by atoms with E-state index in [1.807, 2.05) is 0 Å². The Balaban J connectivity index is 1.96. The van der Waals surface area contributed by atoms with Crippen molar-refractivity contribution in [1.29, 1.82) is 0 Å². The predicted molar refractivity (Wildman–Crippen MR) is 57.6 cm³/mol. The van der Waals surface area contributed by atoms with Gasteiger partial charge in [-0.2, -0.15) is 0 Å². The fourth-order valence-electron chi connectivity index (χ4n) is 1.66. The molecule has 1 aliphatic rings. The average Bonchev–Trinajstić information content (AvgIpc) is 2.33. The molecule has 1 fully saturated rings. The SMILES string of the molecule is COc1ccc(OC2CCNCC2F)cn1. The second-order valence-corrected chi connectivity index (χ2v) is 3.70. The molecule has 0 aromatic carbocycles. The summed E-state index contributed by atoms with van der Waals surface area (Å²) >= 11 is 0. The smallest absolute Gasteiger partial charge is 0.213 e. The van der Waals surface area contributed by atoms with Crippen LogP contribution in [0.1, 0.15) is 6.42 Å². The molecule has 16 heavy (non-hydrogen) atoms. The van der Waals surface area contributed by atoms with Crippen LogP contribution in [0.25, 0.3) is 0 Å². The highest BCUT2D eigenvalue weighted by Crippen LogP contribution is 2.19. The quantitative estimate of drug-likeness (QED) is 0.840. The predicted octanol–water partition coefficient (Wildman–Crippen LogP) is 1.17. The fourth-order valence-corrected chi connectivity index (χ4v) is 1.66. The third kappa shape index (κ3) is 2.61. The number of ether oxygens (including phenoxy) is 2. The summed E-state index contributed by atoms with van der Waals surface area (Å²) in [5.41, 5.74) is 0. The maximum Gasteiger partial charge on any atom is 0.213 e. The second-order valence-electron chi connectivity index (χ2n) is 3.70. The van der Waals surface area contributed by atoms with Crippen molar-refractivity contribution in [3.05, 3.63) is 18.3 Å². The lowest BCUT2D eigenvalue weighted by Crippen LogP contribution is -2.44. The van der Waals surface area contributed by atoms with E-state index in [1.165, 1.54) is 0 Å². The maximum atomic E-state index is 13.4. The summed E-state index contributed by atoms with van der Waals surface area (Å²) in [7, 11) is 1.55. The number of nitrogens with zero attached hydrogens (tertiary/aromatic N) is 1. The molecule has 0 radical (unpaired) electrons. The maximum absolute atomic E-state index is 13.4. The molecule has 2 atom stereocenters. The van der Waals surface area contributed by atoms with E-state index in [-0.39, 0.29) is 6.10 Å². The Kier molecular flexibility index (Phi) is 3.56. The number of hydrogen-bond donors (Lipinski definition) is 1. The minimum atomic E-state index is -0.962. The Morgan fingerprint density at radius 3 is 3.00 bits per heavy atom. The van der Waals surface area contributed by atoms with Crippen LogP contribution < -0.4 is 14.8 Å². The highest BCUT2D eigenvalue weighted by molar-refractivity contribution is 5.23. The first-order valence-corrected chi connectivity index (χ1v) is 5.31. The van der Waals surface area contributed by atoms with Crippen molar-refractivity contribution in [3.63, 3.8) is 0 Å². The Hall–Kier alpha value is -1.36. The van der Waals surface area contributed by atoms with Gasteiger partial charge >= 0.3 is 0 Å². The molecule has 4 nitrogen and oxygen atoms in total. The zero-order chi connectivity index (χ0) is 11.4. The fraction of sp³-hybridized carbons (Fsp3) is 0.545. The molecule has 2 heterocycles. The number of aromatic nitrogens is 1. The van der Waals surface area contributed by atoms with Gasteiger partial charge in [0.2, 0.25) is 5.88 Å². The molecular weight excluding hydrogens is 211 g/mol. The molecule has 1 saturated heterocycles. The Morgan fingerprint density at radius 1 is 1.50 bits per heavy atom. The van der Waals surface area contributed by atoms with Crippen LogP contribution in [0.4, 0.5) is 4.39 Å². The average molecular weight is 226 g/mol. The molecule has 0 saturated carbocycles. The van der Waals surface area contributed by atoms with Gasteiger partial charge in [-0.05, 0) is 19.0 Å². The first-order chi connectivity index (χ1) is 7.79. The topological polar surface area (TPSA) is 43.4 Å². The van der Waals surface area contributed by atoms with Gasteiger partial charge < -0.3 is 14.8 Å². The standard InChI is InChI=1S/C11H15FN2O2/c1-15-11-3-2-8(6-14-11)16-10-4-5-13-7-9(10)12/h2-3,6,9-10,13H,4-5,7H2,1H3. The summed E-state index contributed by atoms with van der Waals surface area (Å²) in [5.74, 6) is 1.10. The summed E-state index contributed by atoms with van der Waals surface area (Å²) in [6.07, 6.45) is 0.883. The summed E-state index contributed by atoms with van der Waals surface area (Å²) in [4.78, 5) is 4.00. The number of nitrogens with one attached hydrogen (secondary N) is 1. The zero-order valence-electron chi connectivity index (χ0n) is 9.15. The Bertz CT molecular complexity index is 331. The van der Waals surface area contributed by atoms with E-state index in [0.29, 0.717) is 24.6 Å². The number of rotatable bonds is 3. The molecule has 0 amide bonds. The van der Waals surface area contributed by atoms with Crippen LogP contribution in [-0.4, -0.2) is 37.5 Å². The lowest BCUT2D eigenvalue weighted by Gasteiger charge is -2.27. The van der Waals surface area contributed by atoms with Crippen LogP contribution >= 0.6 is 0 Å². The summed E-state index contributed by atoms with van der Waals surface area (Å²) in [6, 6.07) is 3.43. The van der Waals surface area contributed by atoms with Gasteiger partial charge in [-0.25, -0.2) is 9.37 Å². The monoisotopic (exact) mass is 226 g/mol. The zero-order valence-corrected chi connectivity index (χ0v) is 9.15. The summed E-state index contributed by atoms with van der Waals surface area (Å²) < 4.78 is 23.9. The van der Waals surface area contributed by atoms with Crippen LogP contribution in [0.3, 0.4) is 0 Å². The van der Waals surface area contributed by atoms with Gasteiger partial charge in [-0.15, -0.1) is 0 Å². The second kappa shape index (κ2) is 5.12. The van der Waals surface area contributed by atoms with E-state index >= 15 is 0 Å². The molecule has 0 aliphatic carbocycles. The summed E-state index contributed by atoms with van der Waals surface area (Å²) in [6.45, 7) is 1.14. The molecule has 1 aliphatic heterocycles. The normalized spacial score (nSPS) is 25.1. The lowest BCUT2D eigenvalue weighted by molar-refractivity contribution is 0.0727. The third-order valence-electron chi connectivity index (χ3n) is 2.55. The van der Waals surface area contributed by atoms with Gasteiger partial charge in [-0.3, -0.25) is 0 Å². The highest BCUT2D eigenvalue weighted by atomic mass is 19.1. The first-order valence-electron chi connectivity index (χ1n) is 5.31. The first kappa shape index (κ1) is 11.1. The minimum Gasteiger partial charge on any atom is -0.486 e. The van der Waals surface area contributed by atoms with Gasteiger partial charge in [-0.1, -0.05) is 0 Å². The highest BCUT2D eigenvalue weighted by Gasteiger charge is 2.26. The minimum absolute atomic E-state index is 0.355. The molecule has 0 spiro atoms. The molecule has 2 unspecified atom stereocenters. The number of methoxy groups -OCH3 is 1. The van der Waals surface area contributed by atoms with Gasteiger partial charge in [0, 0.05) is 12.6 Å². The van der Waals surface area contributed by atoms with Crippen molar-refractivity contribution in [2.24, 2.45) is 0 Å². The van der Waals surface area contributed by atoms with E-state index in [2.05, 4.69) is 10.3 Å².